The van der Waals surface area contributed by atoms with Gasteiger partial charge in [-0.15, -0.1) is 0 Å². The van der Waals surface area contributed by atoms with Crippen LogP contribution in [0.3, 0.4) is 0 Å². The molecule has 1 N–H and O–H groups in total. The zero-order valence-corrected chi connectivity index (χ0v) is 12.9. The number of anilines is 1. The summed E-state index contributed by atoms with van der Waals surface area (Å²) in [5, 5.41) is 2.93. The average molecular weight is 280 g/mol. The van der Waals surface area contributed by atoms with Crippen LogP contribution in [0.1, 0.15) is 19.4 Å². The molecule has 1 amide bonds. The van der Waals surface area contributed by atoms with E-state index in [0.717, 1.165) is 36.6 Å². The summed E-state index contributed by atoms with van der Waals surface area (Å²) >= 11 is 1.69. The molecule has 106 valence electrons. The van der Waals surface area contributed by atoms with Crippen LogP contribution in [-0.2, 0) is 4.79 Å². The van der Waals surface area contributed by atoms with Gasteiger partial charge in [-0.2, -0.15) is 11.8 Å². The Kier molecular flexibility index (Phi) is 7.60. The van der Waals surface area contributed by atoms with Crippen LogP contribution in [-0.4, -0.2) is 41.9 Å². The van der Waals surface area contributed by atoms with Crippen molar-refractivity contribution in [2.45, 2.75) is 20.8 Å². The van der Waals surface area contributed by atoms with E-state index >= 15 is 0 Å². The van der Waals surface area contributed by atoms with Gasteiger partial charge in [-0.1, -0.05) is 26.0 Å². The molecule has 0 radical (unpaired) electrons. The number of amides is 1. The van der Waals surface area contributed by atoms with Crippen LogP contribution < -0.4 is 5.32 Å². The molecule has 19 heavy (non-hydrogen) atoms. The Balaban J connectivity index is 2.21. The number of thioether (sulfide) groups is 1. The molecule has 1 aromatic rings. The number of rotatable bonds is 8. The number of nitrogens with zero attached hydrogens (tertiary/aromatic N) is 1. The summed E-state index contributed by atoms with van der Waals surface area (Å²) < 4.78 is 0. The number of hydrogen-bond acceptors (Lipinski definition) is 3. The topological polar surface area (TPSA) is 32.3 Å². The Morgan fingerprint density at radius 1 is 1.32 bits per heavy atom. The molecule has 0 fully saturated rings. The molecule has 0 aromatic heterocycles. The fourth-order valence-electron chi connectivity index (χ4n) is 1.82. The number of carbonyl (C=O) groups is 1. The van der Waals surface area contributed by atoms with E-state index in [9.17, 15) is 4.79 Å². The SMILES string of the molecule is CCN(CC)CCSCC(=O)Nc1cccc(C)c1. The van der Waals surface area contributed by atoms with Crippen LogP contribution in [0.15, 0.2) is 24.3 Å². The molecule has 0 heterocycles. The standard InChI is InChI=1S/C15H24N2OS/c1-4-17(5-2)9-10-19-12-15(18)16-14-8-6-7-13(3)11-14/h6-8,11H,4-5,9-10,12H2,1-3H3,(H,16,18). The Morgan fingerprint density at radius 2 is 2.05 bits per heavy atom. The lowest BCUT2D eigenvalue weighted by Gasteiger charge is -2.17. The van der Waals surface area contributed by atoms with Gasteiger partial charge in [0.25, 0.3) is 0 Å². The van der Waals surface area contributed by atoms with Gasteiger partial charge in [0.2, 0.25) is 5.91 Å². The molecule has 1 rings (SSSR count). The maximum atomic E-state index is 11.8. The Labute approximate surface area is 120 Å². The maximum Gasteiger partial charge on any atom is 0.234 e. The van der Waals surface area contributed by atoms with Crippen LogP contribution in [0.2, 0.25) is 0 Å². The minimum absolute atomic E-state index is 0.0788. The van der Waals surface area contributed by atoms with E-state index < -0.39 is 0 Å². The molecule has 0 atom stereocenters. The predicted octanol–water partition coefficient (Wildman–Crippen LogP) is 3.01. The van der Waals surface area contributed by atoms with Gasteiger partial charge in [0.15, 0.2) is 0 Å². The van der Waals surface area contributed by atoms with E-state index in [2.05, 4.69) is 24.1 Å². The van der Waals surface area contributed by atoms with Crippen molar-refractivity contribution < 1.29 is 4.79 Å². The molecular formula is C15H24N2OS. The van der Waals surface area contributed by atoms with Crippen LogP contribution >= 0.6 is 11.8 Å². The lowest BCUT2D eigenvalue weighted by Crippen LogP contribution is -2.26. The zero-order chi connectivity index (χ0) is 14.1. The van der Waals surface area contributed by atoms with Gasteiger partial charge in [-0.05, 0) is 37.7 Å². The van der Waals surface area contributed by atoms with Crippen molar-refractivity contribution in [2.24, 2.45) is 0 Å². The first kappa shape index (κ1) is 16.1. The fraction of sp³-hybridized carbons (Fsp3) is 0.533. The molecule has 0 aliphatic carbocycles. The number of hydrogen-bond donors (Lipinski definition) is 1. The average Bonchev–Trinajstić information content (AvgIpc) is 2.39. The molecule has 0 saturated carbocycles. The third-order valence-corrected chi connectivity index (χ3v) is 3.92. The molecular weight excluding hydrogens is 256 g/mol. The molecule has 4 heteroatoms. The quantitative estimate of drug-likeness (QED) is 0.743. The summed E-state index contributed by atoms with van der Waals surface area (Å²) in [5.41, 5.74) is 2.04. The summed E-state index contributed by atoms with van der Waals surface area (Å²) in [4.78, 5) is 14.1. The zero-order valence-electron chi connectivity index (χ0n) is 12.1. The largest absolute Gasteiger partial charge is 0.325 e. The number of aryl methyl sites for hydroxylation is 1. The lowest BCUT2D eigenvalue weighted by molar-refractivity contribution is -0.113. The smallest absolute Gasteiger partial charge is 0.234 e. The monoisotopic (exact) mass is 280 g/mol. The summed E-state index contributed by atoms with van der Waals surface area (Å²) in [5.74, 6) is 1.60. The van der Waals surface area contributed by atoms with Crippen LogP contribution in [0.5, 0.6) is 0 Å². The highest BCUT2D eigenvalue weighted by Gasteiger charge is 2.04. The lowest BCUT2D eigenvalue weighted by atomic mass is 10.2. The molecule has 0 spiro atoms. The van der Waals surface area contributed by atoms with Crippen molar-refractivity contribution in [3.63, 3.8) is 0 Å². The number of benzene rings is 1. The van der Waals surface area contributed by atoms with Gasteiger partial charge in [-0.3, -0.25) is 4.79 Å². The van der Waals surface area contributed by atoms with Gasteiger partial charge in [0.05, 0.1) is 5.75 Å². The van der Waals surface area contributed by atoms with Gasteiger partial charge >= 0.3 is 0 Å². The van der Waals surface area contributed by atoms with E-state index in [-0.39, 0.29) is 5.91 Å². The van der Waals surface area contributed by atoms with Crippen molar-refractivity contribution in [1.29, 1.82) is 0 Å². The Bertz CT molecular complexity index is 391. The first-order valence-electron chi connectivity index (χ1n) is 6.82. The van der Waals surface area contributed by atoms with E-state index in [0.29, 0.717) is 5.75 Å². The summed E-state index contributed by atoms with van der Waals surface area (Å²) in [7, 11) is 0. The van der Waals surface area contributed by atoms with Crippen LogP contribution in [0.25, 0.3) is 0 Å². The highest BCUT2D eigenvalue weighted by atomic mass is 32.2. The molecule has 3 nitrogen and oxygen atoms in total. The Hall–Kier alpha value is -1.00. The van der Waals surface area contributed by atoms with Crippen molar-refractivity contribution in [3.05, 3.63) is 29.8 Å². The minimum atomic E-state index is 0.0788. The molecule has 0 bridgehead atoms. The van der Waals surface area contributed by atoms with Crippen LogP contribution in [0.4, 0.5) is 5.69 Å². The second-order valence-corrected chi connectivity index (χ2v) is 5.60. The maximum absolute atomic E-state index is 11.8. The van der Waals surface area contributed by atoms with Crippen molar-refractivity contribution in [1.82, 2.24) is 4.90 Å². The molecule has 0 aliphatic heterocycles. The fourth-order valence-corrected chi connectivity index (χ4v) is 2.61. The second kappa shape index (κ2) is 8.99. The minimum Gasteiger partial charge on any atom is -0.325 e. The van der Waals surface area contributed by atoms with Crippen molar-refractivity contribution in [2.75, 3.05) is 36.5 Å². The molecule has 1 aromatic carbocycles. The molecule has 0 aliphatic rings. The van der Waals surface area contributed by atoms with Gasteiger partial charge < -0.3 is 10.2 Å². The van der Waals surface area contributed by atoms with Crippen molar-refractivity contribution >= 4 is 23.4 Å². The van der Waals surface area contributed by atoms with Gasteiger partial charge in [-0.25, -0.2) is 0 Å². The Morgan fingerprint density at radius 3 is 2.68 bits per heavy atom. The van der Waals surface area contributed by atoms with E-state index in [4.69, 9.17) is 0 Å². The highest BCUT2D eigenvalue weighted by molar-refractivity contribution is 7.99. The number of nitrogens with one attached hydrogen (secondary N) is 1. The normalized spacial score (nSPS) is 10.7. The van der Waals surface area contributed by atoms with E-state index in [1.807, 2.05) is 31.2 Å². The summed E-state index contributed by atoms with van der Waals surface area (Å²) in [6.45, 7) is 9.56. The summed E-state index contributed by atoms with van der Waals surface area (Å²) in [6, 6.07) is 7.89. The van der Waals surface area contributed by atoms with E-state index in [1.165, 1.54) is 0 Å². The van der Waals surface area contributed by atoms with E-state index in [1.54, 1.807) is 11.8 Å². The first-order chi connectivity index (χ1) is 9.15. The van der Waals surface area contributed by atoms with Gasteiger partial charge in [0, 0.05) is 18.0 Å². The second-order valence-electron chi connectivity index (χ2n) is 4.50. The first-order valence-corrected chi connectivity index (χ1v) is 7.97. The molecule has 0 saturated heterocycles. The summed E-state index contributed by atoms with van der Waals surface area (Å²) in [6.07, 6.45) is 0. The highest BCUT2D eigenvalue weighted by Crippen LogP contribution is 2.10. The number of carbonyl (C=O) groups excluding carboxylic acids is 1. The van der Waals surface area contributed by atoms with Crippen molar-refractivity contribution in [3.8, 4) is 0 Å². The molecule has 0 unspecified atom stereocenters. The predicted molar refractivity (Wildman–Crippen MR) is 84.9 cm³/mol. The van der Waals surface area contributed by atoms with Gasteiger partial charge in [0.1, 0.15) is 0 Å². The third kappa shape index (κ3) is 6.64. The third-order valence-electron chi connectivity index (χ3n) is 2.98. The van der Waals surface area contributed by atoms with Crippen LogP contribution in [0, 0.1) is 6.92 Å².